The Bertz CT molecular complexity index is 891. The third-order valence-corrected chi connectivity index (χ3v) is 5.61. The van der Waals surface area contributed by atoms with Crippen LogP contribution in [0.5, 0.6) is 5.88 Å². The summed E-state index contributed by atoms with van der Waals surface area (Å²) in [7, 11) is 0. The first-order valence-electron chi connectivity index (χ1n) is 10.1. The number of aryl methyl sites for hydroxylation is 2. The van der Waals surface area contributed by atoms with Gasteiger partial charge in [-0.2, -0.15) is 4.98 Å². The summed E-state index contributed by atoms with van der Waals surface area (Å²) in [6.07, 6.45) is 3.54. The number of hydrogen-bond donors (Lipinski definition) is 0. The van der Waals surface area contributed by atoms with Crippen molar-refractivity contribution < 1.29 is 14.3 Å². The van der Waals surface area contributed by atoms with Gasteiger partial charge in [0.2, 0.25) is 17.7 Å². The second-order valence-electron chi connectivity index (χ2n) is 7.83. The van der Waals surface area contributed by atoms with Crippen molar-refractivity contribution in [2.45, 2.75) is 39.2 Å². The van der Waals surface area contributed by atoms with E-state index in [1.807, 2.05) is 43.0 Å². The maximum Gasteiger partial charge on any atom is 0.228 e. The third-order valence-electron chi connectivity index (χ3n) is 5.61. The summed E-state index contributed by atoms with van der Waals surface area (Å²) >= 11 is 0. The van der Waals surface area contributed by atoms with Crippen molar-refractivity contribution in [3.63, 3.8) is 0 Å². The van der Waals surface area contributed by atoms with Crippen LogP contribution < -0.4 is 9.64 Å². The predicted octanol–water partition coefficient (Wildman–Crippen LogP) is 2.52. The number of rotatable bonds is 4. The van der Waals surface area contributed by atoms with E-state index in [9.17, 15) is 9.59 Å². The maximum atomic E-state index is 13.0. The number of hydrogen-bond acceptors (Lipinski definition) is 5. The number of piperidine rings is 1. The Morgan fingerprint density at radius 3 is 2.52 bits per heavy atom. The van der Waals surface area contributed by atoms with Crippen LogP contribution in [0.25, 0.3) is 0 Å². The van der Waals surface area contributed by atoms with Gasteiger partial charge in [-0.1, -0.05) is 17.7 Å². The van der Waals surface area contributed by atoms with Crippen LogP contribution in [0, 0.1) is 19.8 Å². The molecule has 1 unspecified atom stereocenters. The summed E-state index contributed by atoms with van der Waals surface area (Å²) in [6, 6.07) is 9.62. The molecule has 2 aliphatic rings. The third kappa shape index (κ3) is 4.39. The number of carbonyl (C=O) groups excluding carboxylic acids is 2. The zero-order valence-electron chi connectivity index (χ0n) is 16.9. The molecule has 0 radical (unpaired) electrons. The highest BCUT2D eigenvalue weighted by molar-refractivity contribution is 6.00. The van der Waals surface area contributed by atoms with E-state index >= 15 is 0 Å². The Kier molecular flexibility index (Phi) is 5.47. The quantitative estimate of drug-likeness (QED) is 0.797. The first-order valence-corrected chi connectivity index (χ1v) is 10.1. The number of ether oxygens (including phenoxy) is 1. The average Bonchev–Trinajstić information content (AvgIpc) is 3.10. The highest BCUT2D eigenvalue weighted by Crippen LogP contribution is 2.28. The molecular weight excluding hydrogens is 368 g/mol. The van der Waals surface area contributed by atoms with Crippen LogP contribution in [0.15, 0.2) is 36.5 Å². The van der Waals surface area contributed by atoms with Gasteiger partial charge in [0.05, 0.1) is 5.92 Å². The molecule has 0 bridgehead atoms. The van der Waals surface area contributed by atoms with E-state index in [-0.39, 0.29) is 30.3 Å². The van der Waals surface area contributed by atoms with Crippen LogP contribution in [-0.2, 0) is 9.59 Å². The molecule has 1 aromatic heterocycles. The molecule has 7 heteroatoms. The minimum absolute atomic E-state index is 0.0181. The van der Waals surface area contributed by atoms with E-state index in [1.54, 1.807) is 17.2 Å². The highest BCUT2D eigenvalue weighted by atomic mass is 16.5. The zero-order chi connectivity index (χ0) is 20.4. The first-order chi connectivity index (χ1) is 14.0. The van der Waals surface area contributed by atoms with E-state index < -0.39 is 0 Å². The summed E-state index contributed by atoms with van der Waals surface area (Å²) in [5.41, 5.74) is 2.01. The van der Waals surface area contributed by atoms with Crippen LogP contribution in [-0.4, -0.2) is 52.4 Å². The standard InChI is InChI=1S/C22H26N4O3/c1-15-3-5-18(6-4-15)26-14-17(13-21(26)27)22(28)25-11-8-19(9-12-25)29-20-7-10-23-16(2)24-20/h3-7,10,17,19H,8-9,11-14H2,1-2H3. The van der Waals surface area contributed by atoms with Crippen LogP contribution in [0.2, 0.25) is 0 Å². The molecule has 2 fully saturated rings. The molecule has 152 valence electrons. The molecule has 2 saturated heterocycles. The van der Waals surface area contributed by atoms with E-state index in [1.165, 1.54) is 0 Å². The van der Waals surface area contributed by atoms with Crippen molar-refractivity contribution in [2.75, 3.05) is 24.5 Å². The molecule has 0 saturated carbocycles. The van der Waals surface area contributed by atoms with Crippen molar-refractivity contribution >= 4 is 17.5 Å². The van der Waals surface area contributed by atoms with Gasteiger partial charge in [0.1, 0.15) is 11.9 Å². The van der Waals surface area contributed by atoms with Crippen LogP contribution in [0.4, 0.5) is 5.69 Å². The molecule has 1 atom stereocenters. The van der Waals surface area contributed by atoms with Gasteiger partial charge < -0.3 is 14.5 Å². The molecule has 0 spiro atoms. The number of likely N-dealkylation sites (tertiary alicyclic amines) is 1. The normalized spacial score (nSPS) is 20.2. The molecule has 3 heterocycles. The molecule has 0 N–H and O–H groups in total. The number of anilines is 1. The molecule has 1 aromatic carbocycles. The lowest BCUT2D eigenvalue weighted by Gasteiger charge is -2.33. The number of aromatic nitrogens is 2. The Morgan fingerprint density at radius 2 is 1.83 bits per heavy atom. The fourth-order valence-corrected chi connectivity index (χ4v) is 3.97. The summed E-state index contributed by atoms with van der Waals surface area (Å²) in [6.45, 7) is 5.58. The molecule has 7 nitrogen and oxygen atoms in total. The zero-order valence-corrected chi connectivity index (χ0v) is 16.9. The van der Waals surface area contributed by atoms with Crippen LogP contribution >= 0.6 is 0 Å². The number of nitrogens with zero attached hydrogens (tertiary/aromatic N) is 4. The second-order valence-corrected chi connectivity index (χ2v) is 7.83. The Hall–Kier alpha value is -2.96. The molecule has 0 aliphatic carbocycles. The van der Waals surface area contributed by atoms with E-state index in [2.05, 4.69) is 9.97 Å². The fraction of sp³-hybridized carbons (Fsp3) is 0.455. The fourth-order valence-electron chi connectivity index (χ4n) is 3.97. The van der Waals surface area contributed by atoms with Crippen molar-refractivity contribution in [1.82, 2.24) is 14.9 Å². The highest BCUT2D eigenvalue weighted by Gasteiger charge is 2.38. The minimum atomic E-state index is -0.272. The van der Waals surface area contributed by atoms with Gasteiger partial charge in [0, 0.05) is 56.8 Å². The van der Waals surface area contributed by atoms with Gasteiger partial charge in [0.15, 0.2) is 0 Å². The largest absolute Gasteiger partial charge is 0.474 e. The molecule has 2 aliphatic heterocycles. The summed E-state index contributed by atoms with van der Waals surface area (Å²) < 4.78 is 5.94. The summed E-state index contributed by atoms with van der Waals surface area (Å²) in [5.74, 6) is 1.08. The second kappa shape index (κ2) is 8.19. The SMILES string of the molecule is Cc1ccc(N2CC(C(=O)N3CCC(Oc4ccnc(C)n4)CC3)CC2=O)cc1. The molecule has 2 aromatic rings. The number of amides is 2. The smallest absolute Gasteiger partial charge is 0.228 e. The average molecular weight is 394 g/mol. The molecular formula is C22H26N4O3. The lowest BCUT2D eigenvalue weighted by molar-refractivity contribution is -0.137. The minimum Gasteiger partial charge on any atom is -0.474 e. The van der Waals surface area contributed by atoms with Gasteiger partial charge in [0.25, 0.3) is 0 Å². The van der Waals surface area contributed by atoms with Gasteiger partial charge in [-0.25, -0.2) is 4.98 Å². The van der Waals surface area contributed by atoms with Crippen molar-refractivity contribution in [2.24, 2.45) is 5.92 Å². The van der Waals surface area contributed by atoms with Crippen LogP contribution in [0.3, 0.4) is 0 Å². The lowest BCUT2D eigenvalue weighted by Crippen LogP contribution is -2.45. The Labute approximate surface area is 170 Å². The van der Waals surface area contributed by atoms with E-state index in [0.717, 1.165) is 24.1 Å². The van der Waals surface area contributed by atoms with Crippen LogP contribution in [0.1, 0.15) is 30.7 Å². The van der Waals surface area contributed by atoms with Gasteiger partial charge in [-0.3, -0.25) is 9.59 Å². The lowest BCUT2D eigenvalue weighted by atomic mass is 10.0. The monoisotopic (exact) mass is 394 g/mol. The molecule has 29 heavy (non-hydrogen) atoms. The first kappa shape index (κ1) is 19.4. The Morgan fingerprint density at radius 1 is 1.10 bits per heavy atom. The maximum absolute atomic E-state index is 13.0. The van der Waals surface area contributed by atoms with Crippen molar-refractivity contribution in [3.8, 4) is 5.88 Å². The van der Waals surface area contributed by atoms with Gasteiger partial charge in [-0.15, -0.1) is 0 Å². The van der Waals surface area contributed by atoms with Crippen molar-refractivity contribution in [1.29, 1.82) is 0 Å². The van der Waals surface area contributed by atoms with E-state index in [0.29, 0.717) is 31.3 Å². The van der Waals surface area contributed by atoms with Crippen molar-refractivity contribution in [3.05, 3.63) is 47.9 Å². The Balaban J connectivity index is 1.31. The van der Waals surface area contributed by atoms with Gasteiger partial charge >= 0.3 is 0 Å². The topological polar surface area (TPSA) is 75.6 Å². The molecule has 2 amide bonds. The van der Waals surface area contributed by atoms with Gasteiger partial charge in [-0.05, 0) is 26.0 Å². The number of carbonyl (C=O) groups is 2. The number of benzene rings is 1. The van der Waals surface area contributed by atoms with E-state index in [4.69, 9.17) is 4.74 Å². The molecule has 4 rings (SSSR count). The predicted molar refractivity (Wildman–Crippen MR) is 109 cm³/mol. The summed E-state index contributed by atoms with van der Waals surface area (Å²) in [5, 5.41) is 0. The summed E-state index contributed by atoms with van der Waals surface area (Å²) in [4.78, 5) is 37.4.